The van der Waals surface area contributed by atoms with E-state index in [9.17, 15) is 0 Å². The van der Waals surface area contributed by atoms with Crippen molar-refractivity contribution in [3.63, 3.8) is 0 Å². The average molecular weight is 251 g/mol. The Morgan fingerprint density at radius 1 is 0.895 bits per heavy atom. The van der Waals surface area contributed by atoms with Gasteiger partial charge in [0.15, 0.2) is 0 Å². The van der Waals surface area contributed by atoms with Crippen LogP contribution >= 0.6 is 0 Å². The highest BCUT2D eigenvalue weighted by molar-refractivity contribution is 5.67. The molecule has 3 rings (SSSR count). The maximum absolute atomic E-state index is 3.48. The van der Waals surface area contributed by atoms with Crippen LogP contribution in [0.5, 0.6) is 0 Å². The Bertz CT molecular complexity index is 591. The second kappa shape index (κ2) is 4.50. The summed E-state index contributed by atoms with van der Waals surface area (Å²) in [5.74, 6) is 0. The molecule has 2 aromatic carbocycles. The molecule has 2 aromatic rings. The molecule has 0 unspecified atom stereocenters. The van der Waals surface area contributed by atoms with Crippen molar-refractivity contribution in [2.45, 2.75) is 39.3 Å². The third kappa shape index (κ3) is 2.31. The molecule has 1 aliphatic rings. The van der Waals surface area contributed by atoms with Crippen LogP contribution in [0.3, 0.4) is 0 Å². The van der Waals surface area contributed by atoms with Crippen LogP contribution in [-0.4, -0.2) is 0 Å². The third-order valence-electron chi connectivity index (χ3n) is 3.87. The minimum absolute atomic E-state index is 0.195. The normalized spacial score (nSPS) is 14.5. The Hall–Kier alpha value is -1.60. The maximum atomic E-state index is 3.48. The zero-order valence-electron chi connectivity index (χ0n) is 12.0. The van der Waals surface area contributed by atoms with Gasteiger partial charge in [-0.25, -0.2) is 0 Å². The fourth-order valence-corrected chi connectivity index (χ4v) is 2.89. The summed E-state index contributed by atoms with van der Waals surface area (Å²) in [6.07, 6.45) is 0. The minimum atomic E-state index is 0.195. The number of benzene rings is 2. The van der Waals surface area contributed by atoms with Crippen LogP contribution in [0.1, 0.15) is 37.5 Å². The van der Waals surface area contributed by atoms with E-state index in [-0.39, 0.29) is 5.41 Å². The van der Waals surface area contributed by atoms with Crippen LogP contribution < -0.4 is 5.32 Å². The molecule has 19 heavy (non-hydrogen) atoms. The Morgan fingerprint density at radius 2 is 1.63 bits per heavy atom. The molecule has 0 spiro atoms. The van der Waals surface area contributed by atoms with Gasteiger partial charge >= 0.3 is 0 Å². The number of hydrogen-bond donors (Lipinski definition) is 1. The largest absolute Gasteiger partial charge is 0.309 e. The number of nitrogens with one attached hydrogen (secondary N) is 1. The van der Waals surface area contributed by atoms with Crippen molar-refractivity contribution in [1.29, 1.82) is 0 Å². The summed E-state index contributed by atoms with van der Waals surface area (Å²) < 4.78 is 0. The zero-order chi connectivity index (χ0) is 13.5. The number of rotatable bonds is 1. The van der Waals surface area contributed by atoms with Gasteiger partial charge in [0, 0.05) is 13.1 Å². The lowest BCUT2D eigenvalue weighted by Gasteiger charge is -2.24. The van der Waals surface area contributed by atoms with Crippen LogP contribution in [0.25, 0.3) is 11.1 Å². The minimum Gasteiger partial charge on any atom is -0.309 e. The highest BCUT2D eigenvalue weighted by Gasteiger charge is 2.23. The summed E-state index contributed by atoms with van der Waals surface area (Å²) in [4.78, 5) is 0. The van der Waals surface area contributed by atoms with E-state index in [0.29, 0.717) is 0 Å². The summed E-state index contributed by atoms with van der Waals surface area (Å²) >= 11 is 0. The van der Waals surface area contributed by atoms with E-state index in [4.69, 9.17) is 0 Å². The molecule has 0 saturated heterocycles. The molecule has 1 nitrogen and oxygen atoms in total. The van der Waals surface area contributed by atoms with Crippen LogP contribution in [0.2, 0.25) is 0 Å². The number of fused-ring (bicyclic) bond motifs is 1. The standard InChI is InChI=1S/C18H21N/c1-18(2,3)17-10-14(13-7-5-4-6-8-13)9-15-11-19-12-16(15)17/h4-10,19H,11-12H2,1-3H3. The van der Waals surface area contributed by atoms with Crippen molar-refractivity contribution < 1.29 is 0 Å². The van der Waals surface area contributed by atoms with Gasteiger partial charge in [-0.1, -0.05) is 57.2 Å². The molecular formula is C18H21N. The van der Waals surface area contributed by atoms with Gasteiger partial charge in [0.1, 0.15) is 0 Å². The SMILES string of the molecule is CC(C)(C)c1cc(-c2ccccc2)cc2c1CNC2. The predicted octanol–water partition coefficient (Wildman–Crippen LogP) is 4.25. The van der Waals surface area contributed by atoms with E-state index in [1.807, 2.05) is 0 Å². The fourth-order valence-electron chi connectivity index (χ4n) is 2.89. The summed E-state index contributed by atoms with van der Waals surface area (Å²) in [6.45, 7) is 8.91. The first-order chi connectivity index (χ1) is 9.05. The van der Waals surface area contributed by atoms with E-state index < -0.39 is 0 Å². The highest BCUT2D eigenvalue weighted by atomic mass is 14.9. The van der Waals surface area contributed by atoms with Crippen LogP contribution in [0.4, 0.5) is 0 Å². The molecule has 0 radical (unpaired) electrons. The van der Waals surface area contributed by atoms with Crippen molar-refractivity contribution >= 4 is 0 Å². The third-order valence-corrected chi connectivity index (χ3v) is 3.87. The fraction of sp³-hybridized carbons (Fsp3) is 0.333. The van der Waals surface area contributed by atoms with E-state index in [1.54, 1.807) is 0 Å². The van der Waals surface area contributed by atoms with Gasteiger partial charge < -0.3 is 5.32 Å². The van der Waals surface area contributed by atoms with Gasteiger partial charge in [-0.05, 0) is 39.3 Å². The first-order valence-corrected chi connectivity index (χ1v) is 6.98. The average Bonchev–Trinajstić information content (AvgIpc) is 2.85. The van der Waals surface area contributed by atoms with Gasteiger partial charge in [0.25, 0.3) is 0 Å². The van der Waals surface area contributed by atoms with Gasteiger partial charge in [-0.2, -0.15) is 0 Å². The van der Waals surface area contributed by atoms with Gasteiger partial charge in [0.05, 0.1) is 0 Å². The molecular weight excluding hydrogens is 230 g/mol. The molecule has 1 heteroatoms. The van der Waals surface area contributed by atoms with Crippen molar-refractivity contribution in [2.75, 3.05) is 0 Å². The van der Waals surface area contributed by atoms with E-state index in [2.05, 4.69) is 68.6 Å². The molecule has 0 aromatic heterocycles. The summed E-state index contributed by atoms with van der Waals surface area (Å²) in [6, 6.07) is 15.4. The zero-order valence-corrected chi connectivity index (χ0v) is 12.0. The molecule has 1 aliphatic heterocycles. The lowest BCUT2D eigenvalue weighted by atomic mass is 9.81. The molecule has 1 heterocycles. The van der Waals surface area contributed by atoms with Crippen molar-refractivity contribution in [2.24, 2.45) is 0 Å². The topological polar surface area (TPSA) is 12.0 Å². The molecule has 1 N–H and O–H groups in total. The predicted molar refractivity (Wildman–Crippen MR) is 81.1 cm³/mol. The molecule has 0 fully saturated rings. The first-order valence-electron chi connectivity index (χ1n) is 6.98. The molecule has 0 amide bonds. The molecule has 0 bridgehead atoms. The van der Waals surface area contributed by atoms with Gasteiger partial charge in [0.2, 0.25) is 0 Å². The van der Waals surface area contributed by atoms with Gasteiger partial charge in [-0.15, -0.1) is 0 Å². The quantitative estimate of drug-likeness (QED) is 0.798. The van der Waals surface area contributed by atoms with Crippen molar-refractivity contribution in [1.82, 2.24) is 5.32 Å². The maximum Gasteiger partial charge on any atom is 0.0214 e. The van der Waals surface area contributed by atoms with E-state index >= 15 is 0 Å². The van der Waals surface area contributed by atoms with Crippen LogP contribution in [0.15, 0.2) is 42.5 Å². The lowest BCUT2D eigenvalue weighted by molar-refractivity contribution is 0.582. The smallest absolute Gasteiger partial charge is 0.0214 e. The van der Waals surface area contributed by atoms with E-state index in [1.165, 1.54) is 27.8 Å². The van der Waals surface area contributed by atoms with Gasteiger partial charge in [-0.3, -0.25) is 0 Å². The number of hydrogen-bond acceptors (Lipinski definition) is 1. The van der Waals surface area contributed by atoms with Crippen LogP contribution in [-0.2, 0) is 18.5 Å². The first kappa shape index (κ1) is 12.4. The van der Waals surface area contributed by atoms with Crippen molar-refractivity contribution in [3.05, 3.63) is 59.2 Å². The lowest BCUT2D eigenvalue weighted by Crippen LogP contribution is -2.15. The summed E-state index contributed by atoms with van der Waals surface area (Å²) in [7, 11) is 0. The Balaban J connectivity index is 2.19. The Kier molecular flexibility index (Phi) is 2.94. The molecule has 0 atom stereocenters. The van der Waals surface area contributed by atoms with Crippen LogP contribution in [0, 0.1) is 0 Å². The monoisotopic (exact) mass is 251 g/mol. The van der Waals surface area contributed by atoms with Crippen molar-refractivity contribution in [3.8, 4) is 11.1 Å². The second-order valence-corrected chi connectivity index (χ2v) is 6.38. The van der Waals surface area contributed by atoms with E-state index in [0.717, 1.165) is 13.1 Å². The Labute approximate surface area is 115 Å². The second-order valence-electron chi connectivity index (χ2n) is 6.38. The molecule has 98 valence electrons. The summed E-state index contributed by atoms with van der Waals surface area (Å²) in [5, 5.41) is 3.48. The highest BCUT2D eigenvalue weighted by Crippen LogP contribution is 2.34. The summed E-state index contributed by atoms with van der Waals surface area (Å²) in [5.41, 5.74) is 7.30. The Morgan fingerprint density at radius 3 is 2.32 bits per heavy atom. The molecule has 0 saturated carbocycles. The molecule has 0 aliphatic carbocycles.